The highest BCUT2D eigenvalue weighted by atomic mass is 32.2. The summed E-state index contributed by atoms with van der Waals surface area (Å²) in [6.45, 7) is 1.66. The van der Waals surface area contributed by atoms with Crippen molar-refractivity contribution in [2.75, 3.05) is 5.75 Å². The second-order valence-electron chi connectivity index (χ2n) is 2.34. The van der Waals surface area contributed by atoms with Crippen LogP contribution in [0.15, 0.2) is 9.64 Å². The van der Waals surface area contributed by atoms with Gasteiger partial charge in [0.05, 0.1) is 0 Å². The molecule has 7 heteroatoms. The van der Waals surface area contributed by atoms with Crippen LogP contribution in [-0.4, -0.2) is 33.1 Å². The fourth-order valence-electron chi connectivity index (χ4n) is 0.569. The SMILES string of the molecule is Cc1nnc(SCC(N)C(=O)O)o1. The second kappa shape index (κ2) is 4.24. The Morgan fingerprint density at radius 1 is 1.77 bits per heavy atom. The zero-order valence-corrected chi connectivity index (χ0v) is 7.74. The number of hydrogen-bond donors (Lipinski definition) is 2. The van der Waals surface area contributed by atoms with Gasteiger partial charge < -0.3 is 15.3 Å². The largest absolute Gasteiger partial charge is 0.480 e. The minimum Gasteiger partial charge on any atom is -0.480 e. The zero-order chi connectivity index (χ0) is 9.84. The Bertz CT molecular complexity index is 301. The molecule has 0 spiro atoms. The lowest BCUT2D eigenvalue weighted by atomic mass is 10.4. The van der Waals surface area contributed by atoms with Crippen LogP contribution >= 0.6 is 11.8 Å². The van der Waals surface area contributed by atoms with Crippen molar-refractivity contribution in [2.45, 2.75) is 18.2 Å². The van der Waals surface area contributed by atoms with Gasteiger partial charge in [0.15, 0.2) is 0 Å². The average Bonchev–Trinajstić information content (AvgIpc) is 2.47. The minimum atomic E-state index is -1.04. The second-order valence-corrected chi connectivity index (χ2v) is 3.31. The third-order valence-corrected chi connectivity index (χ3v) is 2.15. The van der Waals surface area contributed by atoms with Gasteiger partial charge in [-0.15, -0.1) is 10.2 Å². The molecule has 1 aromatic rings. The molecular formula is C6H9N3O3S. The summed E-state index contributed by atoms with van der Waals surface area (Å²) in [4.78, 5) is 10.3. The maximum atomic E-state index is 10.3. The van der Waals surface area contributed by atoms with Crippen LogP contribution in [0, 0.1) is 6.92 Å². The summed E-state index contributed by atoms with van der Waals surface area (Å²) in [7, 11) is 0. The first-order valence-corrected chi connectivity index (χ1v) is 4.49. The van der Waals surface area contributed by atoms with Crippen molar-refractivity contribution in [1.29, 1.82) is 0 Å². The number of hydrogen-bond acceptors (Lipinski definition) is 6. The minimum absolute atomic E-state index is 0.219. The highest BCUT2D eigenvalue weighted by Crippen LogP contribution is 2.15. The molecule has 0 saturated carbocycles. The highest BCUT2D eigenvalue weighted by Gasteiger charge is 2.13. The Morgan fingerprint density at radius 3 is 2.92 bits per heavy atom. The maximum absolute atomic E-state index is 10.3. The van der Waals surface area contributed by atoms with Crippen molar-refractivity contribution in [3.8, 4) is 0 Å². The van der Waals surface area contributed by atoms with Crippen molar-refractivity contribution in [3.63, 3.8) is 0 Å². The molecule has 3 N–H and O–H groups in total. The number of rotatable bonds is 4. The first-order valence-electron chi connectivity index (χ1n) is 3.51. The topological polar surface area (TPSA) is 102 Å². The van der Waals surface area contributed by atoms with E-state index in [9.17, 15) is 4.79 Å². The number of carboxylic acid groups (broad SMARTS) is 1. The number of nitrogens with two attached hydrogens (primary N) is 1. The summed E-state index contributed by atoms with van der Waals surface area (Å²) in [6, 6.07) is -0.905. The highest BCUT2D eigenvalue weighted by molar-refractivity contribution is 7.99. The molecule has 0 aliphatic heterocycles. The molecule has 1 aromatic heterocycles. The average molecular weight is 203 g/mol. The van der Waals surface area contributed by atoms with Crippen molar-refractivity contribution in [3.05, 3.63) is 5.89 Å². The molecule has 0 bridgehead atoms. The van der Waals surface area contributed by atoms with Gasteiger partial charge in [-0.2, -0.15) is 0 Å². The Labute approximate surface area is 78.5 Å². The molecule has 1 atom stereocenters. The number of carboxylic acids is 1. The first-order chi connectivity index (χ1) is 6.09. The Balaban J connectivity index is 2.39. The molecule has 13 heavy (non-hydrogen) atoms. The number of aryl methyl sites for hydroxylation is 1. The van der Waals surface area contributed by atoms with Gasteiger partial charge in [-0.05, 0) is 0 Å². The summed E-state index contributed by atoms with van der Waals surface area (Å²) in [6.07, 6.45) is 0. The van der Waals surface area contributed by atoms with Gasteiger partial charge in [-0.3, -0.25) is 4.79 Å². The van der Waals surface area contributed by atoms with E-state index in [0.717, 1.165) is 11.8 Å². The van der Waals surface area contributed by atoms with Gasteiger partial charge in [0, 0.05) is 12.7 Å². The monoisotopic (exact) mass is 203 g/mol. The molecular weight excluding hydrogens is 194 g/mol. The van der Waals surface area contributed by atoms with Crippen LogP contribution in [0.4, 0.5) is 0 Å². The fourth-order valence-corrected chi connectivity index (χ4v) is 1.31. The number of nitrogens with zero attached hydrogens (tertiary/aromatic N) is 2. The van der Waals surface area contributed by atoms with E-state index in [2.05, 4.69) is 10.2 Å². The van der Waals surface area contributed by atoms with Gasteiger partial charge in [-0.1, -0.05) is 11.8 Å². The van der Waals surface area contributed by atoms with Crippen molar-refractivity contribution in [2.24, 2.45) is 5.73 Å². The summed E-state index contributed by atoms with van der Waals surface area (Å²) in [5.74, 6) is -0.369. The van der Waals surface area contributed by atoms with E-state index in [1.54, 1.807) is 6.92 Å². The molecule has 1 heterocycles. The van der Waals surface area contributed by atoms with Gasteiger partial charge in [-0.25, -0.2) is 0 Å². The lowest BCUT2D eigenvalue weighted by Gasteiger charge is -2.01. The lowest BCUT2D eigenvalue weighted by molar-refractivity contribution is -0.137. The molecule has 6 nitrogen and oxygen atoms in total. The summed E-state index contributed by atoms with van der Waals surface area (Å²) in [5.41, 5.74) is 5.26. The van der Waals surface area contributed by atoms with Gasteiger partial charge in [0.2, 0.25) is 5.89 Å². The first kappa shape index (κ1) is 10.0. The zero-order valence-electron chi connectivity index (χ0n) is 6.93. The van der Waals surface area contributed by atoms with Gasteiger partial charge in [0.1, 0.15) is 6.04 Å². The smallest absolute Gasteiger partial charge is 0.321 e. The van der Waals surface area contributed by atoms with Gasteiger partial charge in [0.25, 0.3) is 5.22 Å². The van der Waals surface area contributed by atoms with Crippen LogP contribution in [0.3, 0.4) is 0 Å². The number of thioether (sulfide) groups is 1. The van der Waals surface area contributed by atoms with Crippen LogP contribution in [0.25, 0.3) is 0 Å². The van der Waals surface area contributed by atoms with E-state index in [4.69, 9.17) is 15.3 Å². The standard InChI is InChI=1S/C6H9N3O3S/c1-3-8-9-6(12-3)13-2-4(7)5(10)11/h4H,2,7H2,1H3,(H,10,11). The molecule has 0 saturated heterocycles. The van der Waals surface area contributed by atoms with E-state index in [1.807, 2.05) is 0 Å². The molecule has 1 unspecified atom stereocenters. The fraction of sp³-hybridized carbons (Fsp3) is 0.500. The van der Waals surface area contributed by atoms with Crippen molar-refractivity contribution < 1.29 is 14.3 Å². The van der Waals surface area contributed by atoms with Crippen LogP contribution in [0.2, 0.25) is 0 Å². The molecule has 72 valence electrons. The van der Waals surface area contributed by atoms with Crippen LogP contribution < -0.4 is 5.73 Å². The summed E-state index contributed by atoms with van der Waals surface area (Å²) in [5, 5.41) is 16.1. The van der Waals surface area contributed by atoms with Crippen molar-refractivity contribution in [1.82, 2.24) is 10.2 Å². The quantitative estimate of drug-likeness (QED) is 0.657. The predicted octanol–water partition coefficient (Wildman–Crippen LogP) is -0.118. The van der Waals surface area contributed by atoms with E-state index in [-0.39, 0.29) is 5.75 Å². The number of aliphatic carboxylic acids is 1. The van der Waals surface area contributed by atoms with Crippen LogP contribution in [0.5, 0.6) is 0 Å². The predicted molar refractivity (Wildman–Crippen MR) is 45.4 cm³/mol. The van der Waals surface area contributed by atoms with E-state index in [1.165, 1.54) is 0 Å². The van der Waals surface area contributed by atoms with Crippen LogP contribution in [0.1, 0.15) is 5.89 Å². The third kappa shape index (κ3) is 3.03. The molecule has 0 radical (unpaired) electrons. The van der Waals surface area contributed by atoms with E-state index >= 15 is 0 Å². The molecule has 1 rings (SSSR count). The molecule has 0 aromatic carbocycles. The normalized spacial score (nSPS) is 12.8. The molecule has 0 aliphatic rings. The molecule has 0 aliphatic carbocycles. The van der Waals surface area contributed by atoms with Crippen molar-refractivity contribution >= 4 is 17.7 Å². The number of carbonyl (C=O) groups is 1. The Hall–Kier alpha value is -1.08. The summed E-state index contributed by atoms with van der Waals surface area (Å²) < 4.78 is 5.01. The molecule has 0 fully saturated rings. The Kier molecular flexibility index (Phi) is 3.26. The maximum Gasteiger partial charge on any atom is 0.321 e. The third-order valence-electron chi connectivity index (χ3n) is 1.21. The number of aromatic nitrogens is 2. The lowest BCUT2D eigenvalue weighted by Crippen LogP contribution is -2.32. The van der Waals surface area contributed by atoms with Crippen LogP contribution in [-0.2, 0) is 4.79 Å². The van der Waals surface area contributed by atoms with E-state index < -0.39 is 12.0 Å². The summed E-state index contributed by atoms with van der Waals surface area (Å²) >= 11 is 1.13. The Morgan fingerprint density at radius 2 is 2.46 bits per heavy atom. The molecule has 0 amide bonds. The van der Waals surface area contributed by atoms with E-state index in [0.29, 0.717) is 11.1 Å². The van der Waals surface area contributed by atoms with Gasteiger partial charge >= 0.3 is 5.97 Å².